The molecule has 104 valence electrons. The first-order valence-corrected chi connectivity index (χ1v) is 7.16. The van der Waals surface area contributed by atoms with Crippen molar-refractivity contribution in [3.8, 4) is 0 Å². The average Bonchev–Trinajstić information content (AvgIpc) is 2.28. The maximum atomic E-state index is 11.6. The van der Waals surface area contributed by atoms with Crippen LogP contribution in [0.5, 0.6) is 0 Å². The number of rotatable bonds is 5. The Labute approximate surface area is 111 Å². The zero-order valence-electron chi connectivity index (χ0n) is 12.2. The summed E-state index contributed by atoms with van der Waals surface area (Å²) in [5.74, 6) is 0.0864. The second-order valence-corrected chi connectivity index (χ2v) is 6.91. The highest BCUT2D eigenvalue weighted by Crippen LogP contribution is 2.47. The maximum absolute atomic E-state index is 11.6. The average molecular weight is 252 g/mol. The molecule has 0 radical (unpaired) electrons. The van der Waals surface area contributed by atoms with Gasteiger partial charge in [-0.2, -0.15) is 0 Å². The van der Waals surface area contributed by atoms with E-state index in [0.717, 1.165) is 44.9 Å². The van der Waals surface area contributed by atoms with Crippen LogP contribution in [-0.2, 0) is 4.79 Å². The van der Waals surface area contributed by atoms with Crippen LogP contribution in [0, 0.1) is 16.7 Å². The Balaban J connectivity index is 2.62. The lowest BCUT2D eigenvalue weighted by Gasteiger charge is -2.42. The SMILES string of the molecule is C=CCCCC1(C(=O)O)CCC(C(C)(C)C)CC1. The molecule has 1 aliphatic carbocycles. The van der Waals surface area contributed by atoms with Crippen LogP contribution in [0.4, 0.5) is 0 Å². The second-order valence-electron chi connectivity index (χ2n) is 6.91. The largest absolute Gasteiger partial charge is 0.481 e. The summed E-state index contributed by atoms with van der Waals surface area (Å²) in [5, 5.41) is 9.55. The van der Waals surface area contributed by atoms with Crippen LogP contribution in [-0.4, -0.2) is 11.1 Å². The number of carbonyl (C=O) groups is 1. The fourth-order valence-electron chi connectivity index (χ4n) is 3.19. The molecule has 0 aromatic heterocycles. The van der Waals surface area contributed by atoms with Gasteiger partial charge in [0.2, 0.25) is 0 Å². The number of carboxylic acid groups (broad SMARTS) is 1. The van der Waals surface area contributed by atoms with Gasteiger partial charge in [0.25, 0.3) is 0 Å². The minimum absolute atomic E-state index is 0.311. The summed E-state index contributed by atoms with van der Waals surface area (Å²) in [6, 6.07) is 0. The van der Waals surface area contributed by atoms with Crippen LogP contribution in [0.1, 0.15) is 65.7 Å². The van der Waals surface area contributed by atoms with Crippen molar-refractivity contribution in [3.63, 3.8) is 0 Å². The van der Waals surface area contributed by atoms with Gasteiger partial charge in [-0.3, -0.25) is 4.79 Å². The third-order valence-electron chi connectivity index (χ3n) is 4.68. The van der Waals surface area contributed by atoms with E-state index < -0.39 is 11.4 Å². The summed E-state index contributed by atoms with van der Waals surface area (Å²) in [4.78, 5) is 11.6. The predicted octanol–water partition coefficient (Wildman–Crippen LogP) is 4.65. The number of allylic oxidation sites excluding steroid dienone is 1. The zero-order chi connectivity index (χ0) is 13.8. The van der Waals surface area contributed by atoms with Crippen molar-refractivity contribution in [1.82, 2.24) is 0 Å². The highest BCUT2D eigenvalue weighted by molar-refractivity contribution is 5.74. The number of aliphatic carboxylic acids is 1. The summed E-state index contributed by atoms with van der Waals surface area (Å²) in [6.07, 6.45) is 8.39. The van der Waals surface area contributed by atoms with E-state index in [4.69, 9.17) is 0 Å². The van der Waals surface area contributed by atoms with E-state index in [1.807, 2.05) is 6.08 Å². The molecule has 18 heavy (non-hydrogen) atoms. The lowest BCUT2D eigenvalue weighted by Crippen LogP contribution is -2.38. The predicted molar refractivity (Wildman–Crippen MR) is 75.5 cm³/mol. The topological polar surface area (TPSA) is 37.3 Å². The van der Waals surface area contributed by atoms with Gasteiger partial charge in [-0.25, -0.2) is 0 Å². The molecule has 0 amide bonds. The number of carboxylic acids is 1. The molecule has 1 rings (SSSR count). The van der Waals surface area contributed by atoms with E-state index in [9.17, 15) is 9.90 Å². The number of unbranched alkanes of at least 4 members (excludes halogenated alkanes) is 1. The van der Waals surface area contributed by atoms with Gasteiger partial charge in [0, 0.05) is 0 Å². The first kappa shape index (κ1) is 15.3. The molecule has 0 atom stereocenters. The highest BCUT2D eigenvalue weighted by atomic mass is 16.4. The van der Waals surface area contributed by atoms with Crippen LogP contribution >= 0.6 is 0 Å². The van der Waals surface area contributed by atoms with Crippen molar-refractivity contribution < 1.29 is 9.90 Å². The Morgan fingerprint density at radius 2 is 1.94 bits per heavy atom. The third-order valence-corrected chi connectivity index (χ3v) is 4.68. The molecular weight excluding hydrogens is 224 g/mol. The molecule has 1 fully saturated rings. The molecule has 0 aromatic carbocycles. The van der Waals surface area contributed by atoms with Crippen LogP contribution in [0.2, 0.25) is 0 Å². The molecule has 1 N–H and O–H groups in total. The van der Waals surface area contributed by atoms with Crippen LogP contribution in [0.15, 0.2) is 12.7 Å². The molecule has 1 aliphatic rings. The van der Waals surface area contributed by atoms with Crippen LogP contribution in [0.25, 0.3) is 0 Å². The van der Waals surface area contributed by atoms with Crippen molar-refractivity contribution in [2.75, 3.05) is 0 Å². The minimum Gasteiger partial charge on any atom is -0.481 e. The first-order valence-electron chi connectivity index (χ1n) is 7.16. The van der Waals surface area contributed by atoms with Gasteiger partial charge in [-0.05, 0) is 56.3 Å². The van der Waals surface area contributed by atoms with Crippen molar-refractivity contribution in [3.05, 3.63) is 12.7 Å². The second kappa shape index (κ2) is 5.90. The van der Waals surface area contributed by atoms with Gasteiger partial charge >= 0.3 is 5.97 Å². The summed E-state index contributed by atoms with van der Waals surface area (Å²) >= 11 is 0. The standard InChI is InChI=1S/C16H28O2/c1-5-6-7-10-16(14(17)18)11-8-13(9-12-16)15(2,3)4/h5,13H,1,6-12H2,2-4H3,(H,17,18). The van der Waals surface area contributed by atoms with Gasteiger partial charge in [0.05, 0.1) is 5.41 Å². The quantitative estimate of drug-likeness (QED) is 0.571. The molecule has 0 saturated heterocycles. The summed E-state index contributed by atoms with van der Waals surface area (Å²) in [5.41, 5.74) is -0.142. The molecule has 0 spiro atoms. The van der Waals surface area contributed by atoms with Gasteiger partial charge in [0.15, 0.2) is 0 Å². The Kier molecular flexibility index (Phi) is 5.01. The fourth-order valence-corrected chi connectivity index (χ4v) is 3.19. The molecule has 1 saturated carbocycles. The molecule has 2 nitrogen and oxygen atoms in total. The van der Waals surface area contributed by atoms with Crippen molar-refractivity contribution in [1.29, 1.82) is 0 Å². The monoisotopic (exact) mass is 252 g/mol. The van der Waals surface area contributed by atoms with Crippen molar-refractivity contribution >= 4 is 5.97 Å². The van der Waals surface area contributed by atoms with E-state index in [1.165, 1.54) is 0 Å². The fraction of sp³-hybridized carbons (Fsp3) is 0.812. The Morgan fingerprint density at radius 3 is 2.33 bits per heavy atom. The van der Waals surface area contributed by atoms with Crippen molar-refractivity contribution in [2.45, 2.75) is 65.7 Å². The minimum atomic E-state index is -0.584. The van der Waals surface area contributed by atoms with E-state index in [-0.39, 0.29) is 0 Å². The molecule has 0 bridgehead atoms. The normalized spacial score (nSPS) is 28.9. The van der Waals surface area contributed by atoms with E-state index in [2.05, 4.69) is 27.4 Å². The molecular formula is C16H28O2. The summed E-state index contributed by atoms with van der Waals surface area (Å²) in [7, 11) is 0. The van der Waals surface area contributed by atoms with Gasteiger partial charge in [-0.15, -0.1) is 6.58 Å². The van der Waals surface area contributed by atoms with E-state index >= 15 is 0 Å². The van der Waals surface area contributed by atoms with Crippen LogP contribution < -0.4 is 0 Å². The summed E-state index contributed by atoms with van der Waals surface area (Å²) < 4.78 is 0. The molecule has 0 unspecified atom stereocenters. The lowest BCUT2D eigenvalue weighted by atomic mass is 9.62. The Bertz CT molecular complexity index is 291. The van der Waals surface area contributed by atoms with Crippen molar-refractivity contribution in [2.24, 2.45) is 16.7 Å². The first-order chi connectivity index (χ1) is 8.32. The third kappa shape index (κ3) is 3.60. The Morgan fingerprint density at radius 1 is 1.39 bits per heavy atom. The van der Waals surface area contributed by atoms with Gasteiger partial charge in [-0.1, -0.05) is 26.8 Å². The van der Waals surface area contributed by atoms with Crippen LogP contribution in [0.3, 0.4) is 0 Å². The summed E-state index contributed by atoms with van der Waals surface area (Å²) in [6.45, 7) is 10.5. The zero-order valence-corrected chi connectivity index (χ0v) is 12.2. The maximum Gasteiger partial charge on any atom is 0.309 e. The number of hydrogen-bond acceptors (Lipinski definition) is 1. The van der Waals surface area contributed by atoms with Gasteiger partial charge < -0.3 is 5.11 Å². The van der Waals surface area contributed by atoms with E-state index in [0.29, 0.717) is 11.3 Å². The van der Waals surface area contributed by atoms with E-state index in [1.54, 1.807) is 0 Å². The Hall–Kier alpha value is -0.790. The molecule has 0 aliphatic heterocycles. The molecule has 0 aromatic rings. The molecule has 2 heteroatoms. The number of hydrogen-bond donors (Lipinski definition) is 1. The molecule has 0 heterocycles. The van der Waals surface area contributed by atoms with Gasteiger partial charge in [0.1, 0.15) is 0 Å². The lowest BCUT2D eigenvalue weighted by molar-refractivity contribution is -0.153. The smallest absolute Gasteiger partial charge is 0.309 e. The highest BCUT2D eigenvalue weighted by Gasteiger charge is 2.43.